The van der Waals surface area contributed by atoms with E-state index in [1.54, 1.807) is 11.8 Å². The molecule has 0 amide bonds. The van der Waals surface area contributed by atoms with Gasteiger partial charge in [-0.25, -0.2) is 0 Å². The molecule has 4 nitrogen and oxygen atoms in total. The Bertz CT molecular complexity index is 696. The van der Waals surface area contributed by atoms with E-state index in [9.17, 15) is 0 Å². The molecule has 174 valence electrons. The zero-order chi connectivity index (χ0) is 22.3. The zero-order valence-corrected chi connectivity index (χ0v) is 20.9. The van der Waals surface area contributed by atoms with E-state index in [-0.39, 0.29) is 5.41 Å². The van der Waals surface area contributed by atoms with Gasteiger partial charge in [-0.2, -0.15) is 0 Å². The molecule has 1 aromatic rings. The van der Waals surface area contributed by atoms with Crippen LogP contribution in [0.15, 0.2) is 34.2 Å². The highest BCUT2D eigenvalue weighted by atomic mass is 32.2. The Labute approximate surface area is 194 Å². The Morgan fingerprint density at radius 2 is 1.61 bits per heavy atom. The molecule has 4 N–H and O–H groups in total. The average Bonchev–Trinajstić information content (AvgIpc) is 2.75. The van der Waals surface area contributed by atoms with Crippen LogP contribution in [-0.4, -0.2) is 30.8 Å². The monoisotopic (exact) mass is 444 g/mol. The number of para-hydroxylation sites is 1. The van der Waals surface area contributed by atoms with Gasteiger partial charge >= 0.3 is 0 Å². The number of nitrogens with zero attached hydrogens (tertiary/aromatic N) is 1. The minimum atomic E-state index is 0.174. The van der Waals surface area contributed by atoms with Gasteiger partial charge in [-0.3, -0.25) is 4.99 Å². The van der Waals surface area contributed by atoms with Crippen molar-refractivity contribution >= 4 is 23.4 Å². The fourth-order valence-corrected chi connectivity index (χ4v) is 5.50. The highest BCUT2D eigenvalue weighted by Gasteiger charge is 2.26. The third kappa shape index (κ3) is 8.34. The van der Waals surface area contributed by atoms with E-state index in [1.165, 1.54) is 62.7 Å². The molecule has 0 bridgehead atoms. The minimum absolute atomic E-state index is 0.174. The van der Waals surface area contributed by atoms with Crippen molar-refractivity contribution in [1.82, 2.24) is 5.32 Å². The second-order valence-corrected chi connectivity index (χ2v) is 11.8. The maximum Gasteiger partial charge on any atom is 0.196 e. The number of hydrogen-bond acceptors (Lipinski definition) is 3. The molecule has 3 rings (SSSR count). The van der Waals surface area contributed by atoms with Crippen molar-refractivity contribution in [1.29, 1.82) is 0 Å². The number of aliphatic imine (C=N–C) groups is 1. The third-order valence-corrected chi connectivity index (χ3v) is 7.61. The minimum Gasteiger partial charge on any atom is -0.353 e. The van der Waals surface area contributed by atoms with E-state index < -0.39 is 0 Å². The summed E-state index contributed by atoms with van der Waals surface area (Å²) >= 11 is 1.77. The molecule has 1 aromatic carbocycles. The largest absolute Gasteiger partial charge is 0.353 e. The number of nitrogens with one attached hydrogen (secondary N) is 2. The summed E-state index contributed by atoms with van der Waals surface area (Å²) in [4.78, 5) is 6.21. The summed E-state index contributed by atoms with van der Waals surface area (Å²) in [5.74, 6) is 2.75. The van der Waals surface area contributed by atoms with E-state index in [1.807, 2.05) is 0 Å². The summed E-state index contributed by atoms with van der Waals surface area (Å²) in [6.45, 7) is 7.54. The fraction of sp³-hybridized carbons (Fsp3) is 0.731. The Morgan fingerprint density at radius 3 is 2.23 bits per heavy atom. The molecule has 0 atom stereocenters. The van der Waals surface area contributed by atoms with Gasteiger partial charge in [0.25, 0.3) is 0 Å². The van der Waals surface area contributed by atoms with E-state index in [2.05, 4.69) is 61.9 Å². The first-order valence-electron chi connectivity index (χ1n) is 12.3. The maximum absolute atomic E-state index is 6.09. The number of rotatable bonds is 6. The molecule has 0 spiro atoms. The highest BCUT2D eigenvalue weighted by molar-refractivity contribution is 7.98. The number of benzene rings is 1. The smallest absolute Gasteiger partial charge is 0.196 e. The lowest BCUT2D eigenvalue weighted by atomic mass is 9.76. The fourth-order valence-electron chi connectivity index (χ4n) is 4.94. The van der Waals surface area contributed by atoms with Crippen molar-refractivity contribution in [3.05, 3.63) is 24.3 Å². The molecule has 0 radical (unpaired) electrons. The van der Waals surface area contributed by atoms with Gasteiger partial charge in [0.15, 0.2) is 5.96 Å². The van der Waals surface area contributed by atoms with E-state index in [4.69, 9.17) is 10.7 Å². The maximum atomic E-state index is 6.09. The number of hydrogen-bond donors (Lipinski definition) is 3. The van der Waals surface area contributed by atoms with Crippen molar-refractivity contribution in [3.63, 3.8) is 0 Å². The first-order valence-corrected chi connectivity index (χ1v) is 13.5. The van der Waals surface area contributed by atoms with Gasteiger partial charge in [-0.05, 0) is 93.4 Å². The van der Waals surface area contributed by atoms with Crippen LogP contribution in [0.4, 0.5) is 5.69 Å². The lowest BCUT2D eigenvalue weighted by Gasteiger charge is -2.34. The number of anilines is 1. The molecular weight excluding hydrogens is 400 g/mol. The van der Waals surface area contributed by atoms with Crippen LogP contribution in [0.1, 0.15) is 78.6 Å². The van der Waals surface area contributed by atoms with Gasteiger partial charge < -0.3 is 16.4 Å². The molecule has 0 unspecified atom stereocenters. The van der Waals surface area contributed by atoms with E-state index >= 15 is 0 Å². The number of guanidine groups is 1. The first-order chi connectivity index (χ1) is 14.8. The Kier molecular flexibility index (Phi) is 9.15. The molecule has 0 heterocycles. The standard InChI is InChI=1S/C26H44N4S/c1-26(2,3)18-28-25(30-23-7-5-6-8-24(23)31-4)29-22-15-11-20(12-16-22)17-19-9-13-21(27)14-10-19/h5-8,19-22H,9-18,27H2,1-4H3,(H2,28,29,30). The molecule has 2 aliphatic rings. The van der Waals surface area contributed by atoms with Crippen LogP contribution >= 0.6 is 11.8 Å². The summed E-state index contributed by atoms with van der Waals surface area (Å²) < 4.78 is 0. The molecule has 2 saturated carbocycles. The van der Waals surface area contributed by atoms with Gasteiger partial charge in [-0.1, -0.05) is 32.9 Å². The number of thioether (sulfide) groups is 1. The summed E-state index contributed by atoms with van der Waals surface area (Å²) in [6, 6.07) is 9.48. The summed E-state index contributed by atoms with van der Waals surface area (Å²) in [5.41, 5.74) is 7.41. The predicted octanol–water partition coefficient (Wildman–Crippen LogP) is 6.28. The number of nitrogens with two attached hydrogens (primary N) is 1. The summed E-state index contributed by atoms with van der Waals surface area (Å²) in [5, 5.41) is 7.38. The Hall–Kier alpha value is -1.20. The molecule has 0 saturated heterocycles. The van der Waals surface area contributed by atoms with Crippen LogP contribution in [-0.2, 0) is 0 Å². The molecule has 2 aliphatic carbocycles. The molecule has 0 aliphatic heterocycles. The second kappa shape index (κ2) is 11.6. The quantitative estimate of drug-likeness (QED) is 0.274. The van der Waals surface area contributed by atoms with Crippen LogP contribution in [0, 0.1) is 17.3 Å². The van der Waals surface area contributed by atoms with Crippen LogP contribution < -0.4 is 16.4 Å². The van der Waals surface area contributed by atoms with Crippen LogP contribution in [0.3, 0.4) is 0 Å². The van der Waals surface area contributed by atoms with Gasteiger partial charge in [0.05, 0.1) is 5.69 Å². The normalized spacial score (nSPS) is 27.7. The van der Waals surface area contributed by atoms with Gasteiger partial charge in [0.2, 0.25) is 0 Å². The predicted molar refractivity (Wildman–Crippen MR) is 137 cm³/mol. The lowest BCUT2D eigenvalue weighted by Crippen LogP contribution is -2.42. The van der Waals surface area contributed by atoms with Crippen molar-refractivity contribution < 1.29 is 0 Å². The SMILES string of the molecule is CSc1ccccc1NC(=NCC(C)(C)C)NC1CCC(CC2CCC(N)CC2)CC1. The molecule has 31 heavy (non-hydrogen) atoms. The summed E-state index contributed by atoms with van der Waals surface area (Å²) in [7, 11) is 0. The van der Waals surface area contributed by atoms with Crippen LogP contribution in [0.25, 0.3) is 0 Å². The van der Waals surface area contributed by atoms with Crippen LogP contribution in [0.2, 0.25) is 0 Å². The Morgan fingerprint density at radius 1 is 1.00 bits per heavy atom. The van der Waals surface area contributed by atoms with Crippen molar-refractivity contribution in [2.45, 2.75) is 95.5 Å². The summed E-state index contributed by atoms with van der Waals surface area (Å²) in [6.07, 6.45) is 13.9. The lowest BCUT2D eigenvalue weighted by molar-refractivity contribution is 0.221. The van der Waals surface area contributed by atoms with Crippen LogP contribution in [0.5, 0.6) is 0 Å². The van der Waals surface area contributed by atoms with Crippen molar-refractivity contribution in [3.8, 4) is 0 Å². The second-order valence-electron chi connectivity index (χ2n) is 10.9. The first kappa shape index (κ1) is 24.4. The molecular formula is C26H44N4S. The van der Waals surface area contributed by atoms with Crippen molar-refractivity contribution in [2.75, 3.05) is 18.1 Å². The van der Waals surface area contributed by atoms with E-state index in [0.717, 1.165) is 30.0 Å². The molecule has 0 aromatic heterocycles. The van der Waals surface area contributed by atoms with Crippen molar-refractivity contribution in [2.24, 2.45) is 28.0 Å². The topological polar surface area (TPSA) is 62.4 Å². The zero-order valence-electron chi connectivity index (χ0n) is 20.1. The third-order valence-electron chi connectivity index (χ3n) is 6.82. The molecule has 2 fully saturated rings. The van der Waals surface area contributed by atoms with Gasteiger partial charge in [0, 0.05) is 23.5 Å². The van der Waals surface area contributed by atoms with E-state index in [0.29, 0.717) is 12.1 Å². The molecule has 5 heteroatoms. The highest BCUT2D eigenvalue weighted by Crippen LogP contribution is 2.35. The van der Waals surface area contributed by atoms with Gasteiger partial charge in [-0.15, -0.1) is 11.8 Å². The Balaban J connectivity index is 1.55. The average molecular weight is 445 g/mol. The van der Waals surface area contributed by atoms with Gasteiger partial charge in [0.1, 0.15) is 0 Å².